The maximum atomic E-state index is 11.5. The molecule has 0 spiro atoms. The molecule has 100 valence electrons. The molecule has 1 unspecified atom stereocenters. The van der Waals surface area contributed by atoms with Gasteiger partial charge in [-0.15, -0.1) is 11.3 Å². The van der Waals surface area contributed by atoms with Crippen molar-refractivity contribution in [1.82, 2.24) is 15.6 Å². The van der Waals surface area contributed by atoms with Crippen molar-refractivity contribution in [2.45, 2.75) is 26.8 Å². The van der Waals surface area contributed by atoms with Gasteiger partial charge < -0.3 is 15.4 Å². The SMILES string of the molecule is CCOC(=O)CNC(=O)NC(C)c1nc(C)cs1. The summed E-state index contributed by atoms with van der Waals surface area (Å²) in [4.78, 5) is 26.8. The number of hydrogen-bond donors (Lipinski definition) is 2. The Morgan fingerprint density at radius 3 is 2.83 bits per heavy atom. The van der Waals surface area contributed by atoms with Crippen LogP contribution in [0.5, 0.6) is 0 Å². The molecular weight excluding hydrogens is 254 g/mol. The number of urea groups is 1. The van der Waals surface area contributed by atoms with Gasteiger partial charge in [-0.2, -0.15) is 0 Å². The number of thiazole rings is 1. The van der Waals surface area contributed by atoms with Crippen molar-refractivity contribution in [3.8, 4) is 0 Å². The Morgan fingerprint density at radius 2 is 2.28 bits per heavy atom. The molecule has 0 saturated carbocycles. The van der Waals surface area contributed by atoms with Crippen molar-refractivity contribution in [2.75, 3.05) is 13.2 Å². The molecule has 0 aliphatic rings. The number of carbonyl (C=O) groups is 2. The number of ether oxygens (including phenoxy) is 1. The van der Waals surface area contributed by atoms with Crippen molar-refractivity contribution >= 4 is 23.3 Å². The number of aromatic nitrogens is 1. The highest BCUT2D eigenvalue weighted by molar-refractivity contribution is 7.09. The van der Waals surface area contributed by atoms with Gasteiger partial charge in [-0.05, 0) is 20.8 Å². The van der Waals surface area contributed by atoms with Gasteiger partial charge in [0.15, 0.2) is 0 Å². The minimum absolute atomic E-state index is 0.136. The highest BCUT2D eigenvalue weighted by Gasteiger charge is 2.13. The van der Waals surface area contributed by atoms with Crippen molar-refractivity contribution in [1.29, 1.82) is 0 Å². The first-order chi connectivity index (χ1) is 8.52. The van der Waals surface area contributed by atoms with Crippen LogP contribution >= 0.6 is 11.3 Å². The van der Waals surface area contributed by atoms with Crippen LogP contribution in [0.1, 0.15) is 30.6 Å². The van der Waals surface area contributed by atoms with Gasteiger partial charge in [0, 0.05) is 11.1 Å². The van der Waals surface area contributed by atoms with E-state index in [-0.39, 0.29) is 12.6 Å². The van der Waals surface area contributed by atoms with Crippen LogP contribution in [-0.4, -0.2) is 30.1 Å². The Morgan fingerprint density at radius 1 is 1.56 bits per heavy atom. The summed E-state index contributed by atoms with van der Waals surface area (Å²) < 4.78 is 4.69. The zero-order chi connectivity index (χ0) is 13.5. The van der Waals surface area contributed by atoms with E-state index in [0.29, 0.717) is 6.61 Å². The lowest BCUT2D eigenvalue weighted by molar-refractivity contribution is -0.141. The topological polar surface area (TPSA) is 80.3 Å². The third kappa shape index (κ3) is 4.70. The number of rotatable bonds is 5. The molecule has 0 bridgehead atoms. The van der Waals surface area contributed by atoms with Crippen molar-refractivity contribution < 1.29 is 14.3 Å². The summed E-state index contributed by atoms with van der Waals surface area (Å²) in [5, 5.41) is 7.88. The van der Waals surface area contributed by atoms with Gasteiger partial charge >= 0.3 is 12.0 Å². The summed E-state index contributed by atoms with van der Waals surface area (Å²) in [7, 11) is 0. The van der Waals surface area contributed by atoms with Gasteiger partial charge in [0.25, 0.3) is 0 Å². The normalized spacial score (nSPS) is 11.7. The first kappa shape index (κ1) is 14.4. The molecule has 0 aromatic carbocycles. The smallest absolute Gasteiger partial charge is 0.325 e. The predicted molar refractivity (Wildman–Crippen MR) is 68.4 cm³/mol. The molecule has 1 heterocycles. The lowest BCUT2D eigenvalue weighted by Gasteiger charge is -2.11. The van der Waals surface area contributed by atoms with E-state index in [1.807, 2.05) is 19.2 Å². The quantitative estimate of drug-likeness (QED) is 0.793. The van der Waals surface area contributed by atoms with Gasteiger partial charge in [-0.3, -0.25) is 4.79 Å². The molecule has 2 amide bonds. The molecule has 1 rings (SSSR count). The third-order valence-electron chi connectivity index (χ3n) is 2.05. The fourth-order valence-electron chi connectivity index (χ4n) is 1.24. The first-order valence-corrected chi connectivity index (χ1v) is 6.53. The molecule has 0 radical (unpaired) electrons. The molecule has 1 aromatic heterocycles. The van der Waals surface area contributed by atoms with Crippen molar-refractivity contribution in [2.24, 2.45) is 0 Å². The third-order valence-corrected chi connectivity index (χ3v) is 3.20. The summed E-state index contributed by atoms with van der Waals surface area (Å²) >= 11 is 1.49. The number of aryl methyl sites for hydroxylation is 1. The molecule has 1 atom stereocenters. The van der Waals surface area contributed by atoms with E-state index in [0.717, 1.165) is 10.7 Å². The van der Waals surface area contributed by atoms with Crippen molar-refractivity contribution in [3.63, 3.8) is 0 Å². The first-order valence-electron chi connectivity index (χ1n) is 5.65. The second-order valence-electron chi connectivity index (χ2n) is 3.68. The lowest BCUT2D eigenvalue weighted by atomic mass is 10.3. The van der Waals surface area contributed by atoms with E-state index >= 15 is 0 Å². The molecule has 2 N–H and O–H groups in total. The van der Waals surface area contributed by atoms with Crippen LogP contribution < -0.4 is 10.6 Å². The number of carbonyl (C=O) groups excluding carboxylic acids is 2. The van der Waals surface area contributed by atoms with E-state index in [9.17, 15) is 9.59 Å². The lowest BCUT2D eigenvalue weighted by Crippen LogP contribution is -2.40. The molecule has 6 nitrogen and oxygen atoms in total. The van der Waals surface area contributed by atoms with E-state index < -0.39 is 12.0 Å². The average Bonchev–Trinajstić information content (AvgIpc) is 2.74. The minimum Gasteiger partial charge on any atom is -0.465 e. The fourth-order valence-corrected chi connectivity index (χ4v) is 2.05. The van der Waals surface area contributed by atoms with Gasteiger partial charge in [0.1, 0.15) is 11.6 Å². The van der Waals surface area contributed by atoms with E-state index in [2.05, 4.69) is 15.6 Å². The summed E-state index contributed by atoms with van der Waals surface area (Å²) in [6.07, 6.45) is 0. The van der Waals surface area contributed by atoms with Crippen LogP contribution in [0.3, 0.4) is 0 Å². The standard InChI is InChI=1S/C11H17N3O3S/c1-4-17-9(15)5-12-11(16)14-8(3)10-13-7(2)6-18-10/h6,8H,4-5H2,1-3H3,(H2,12,14,16). The molecule has 0 aliphatic carbocycles. The molecule has 0 aliphatic heterocycles. The van der Waals surface area contributed by atoms with E-state index in [1.54, 1.807) is 6.92 Å². The maximum Gasteiger partial charge on any atom is 0.325 e. The Hall–Kier alpha value is -1.63. The molecule has 0 saturated heterocycles. The van der Waals surface area contributed by atoms with Crippen LogP contribution in [0.15, 0.2) is 5.38 Å². The summed E-state index contributed by atoms with van der Waals surface area (Å²) in [5.74, 6) is -0.453. The highest BCUT2D eigenvalue weighted by Crippen LogP contribution is 2.16. The largest absolute Gasteiger partial charge is 0.465 e. The van der Waals surface area contributed by atoms with Gasteiger partial charge in [0.2, 0.25) is 0 Å². The molecule has 1 aromatic rings. The van der Waals surface area contributed by atoms with Crippen molar-refractivity contribution in [3.05, 3.63) is 16.1 Å². The Balaban J connectivity index is 2.34. The van der Waals surface area contributed by atoms with Crippen LogP contribution in [0, 0.1) is 6.92 Å². The minimum atomic E-state index is -0.453. The van der Waals surface area contributed by atoms with Crippen LogP contribution in [-0.2, 0) is 9.53 Å². The number of amides is 2. The zero-order valence-electron chi connectivity index (χ0n) is 10.6. The molecule has 7 heteroatoms. The van der Waals surface area contributed by atoms with Crippen LogP contribution in [0.2, 0.25) is 0 Å². The van der Waals surface area contributed by atoms with Gasteiger partial charge in [-0.1, -0.05) is 0 Å². The monoisotopic (exact) mass is 271 g/mol. The maximum absolute atomic E-state index is 11.5. The summed E-state index contributed by atoms with van der Waals surface area (Å²) in [6, 6.07) is -0.602. The number of nitrogens with zero attached hydrogens (tertiary/aromatic N) is 1. The number of esters is 1. The number of nitrogens with one attached hydrogen (secondary N) is 2. The van der Waals surface area contributed by atoms with E-state index in [4.69, 9.17) is 4.74 Å². The highest BCUT2D eigenvalue weighted by atomic mass is 32.1. The molecule has 0 fully saturated rings. The van der Waals surface area contributed by atoms with E-state index in [1.165, 1.54) is 11.3 Å². The van der Waals surface area contributed by atoms with Gasteiger partial charge in [0.05, 0.1) is 12.6 Å². The second kappa shape index (κ2) is 6.95. The summed E-state index contributed by atoms with van der Waals surface area (Å²) in [5.41, 5.74) is 0.926. The Labute approximate surface area is 110 Å². The molecule has 18 heavy (non-hydrogen) atoms. The Bertz CT molecular complexity index is 419. The summed E-state index contributed by atoms with van der Waals surface area (Å²) in [6.45, 7) is 5.61. The van der Waals surface area contributed by atoms with Gasteiger partial charge in [-0.25, -0.2) is 9.78 Å². The number of hydrogen-bond acceptors (Lipinski definition) is 5. The molecular formula is C11H17N3O3S. The van der Waals surface area contributed by atoms with Crippen LogP contribution in [0.4, 0.5) is 4.79 Å². The fraction of sp³-hybridized carbons (Fsp3) is 0.545. The zero-order valence-corrected chi connectivity index (χ0v) is 11.5. The Kier molecular flexibility index (Phi) is 5.57. The van der Waals surface area contributed by atoms with Crippen LogP contribution in [0.25, 0.3) is 0 Å². The average molecular weight is 271 g/mol. The second-order valence-corrected chi connectivity index (χ2v) is 4.57. The predicted octanol–water partition coefficient (Wildman–Crippen LogP) is 1.37.